The predicted molar refractivity (Wildman–Crippen MR) is 83.7 cm³/mol. The molecule has 1 aliphatic rings. The van der Waals surface area contributed by atoms with Gasteiger partial charge in [-0.05, 0) is 50.2 Å². The van der Waals surface area contributed by atoms with Gasteiger partial charge in [-0.2, -0.15) is 0 Å². The summed E-state index contributed by atoms with van der Waals surface area (Å²) >= 11 is 0. The number of aromatic nitrogens is 2. The van der Waals surface area contributed by atoms with Crippen LogP contribution < -0.4 is 15.4 Å². The minimum Gasteiger partial charge on any atom is -0.497 e. The molecular formula is C16H20N4O. The lowest BCUT2D eigenvalue weighted by Crippen LogP contribution is -2.23. The van der Waals surface area contributed by atoms with E-state index < -0.39 is 0 Å². The molecule has 0 bridgehead atoms. The second kappa shape index (κ2) is 6.10. The second-order valence-corrected chi connectivity index (χ2v) is 5.28. The molecule has 1 aromatic heterocycles. The Morgan fingerprint density at radius 2 is 2.05 bits per heavy atom. The molecule has 5 heteroatoms. The molecular weight excluding hydrogens is 264 g/mol. The van der Waals surface area contributed by atoms with Crippen molar-refractivity contribution in [3.05, 3.63) is 36.0 Å². The van der Waals surface area contributed by atoms with Crippen molar-refractivity contribution in [2.45, 2.75) is 19.4 Å². The molecule has 1 fully saturated rings. The van der Waals surface area contributed by atoms with Crippen LogP contribution in [0.4, 0.5) is 5.95 Å². The third-order valence-corrected chi connectivity index (χ3v) is 3.63. The highest BCUT2D eigenvalue weighted by Crippen LogP contribution is 2.22. The lowest BCUT2D eigenvalue weighted by molar-refractivity contribution is 0.415. The zero-order valence-corrected chi connectivity index (χ0v) is 12.4. The van der Waals surface area contributed by atoms with Crippen molar-refractivity contribution in [3.63, 3.8) is 0 Å². The highest BCUT2D eigenvalue weighted by Gasteiger charge is 2.15. The quantitative estimate of drug-likeness (QED) is 0.901. The summed E-state index contributed by atoms with van der Waals surface area (Å²) < 4.78 is 5.19. The summed E-state index contributed by atoms with van der Waals surface area (Å²) in [7, 11) is 1.67. The molecule has 5 nitrogen and oxygen atoms in total. The van der Waals surface area contributed by atoms with Crippen LogP contribution in [0.2, 0.25) is 0 Å². The fourth-order valence-electron chi connectivity index (χ4n) is 2.50. The summed E-state index contributed by atoms with van der Waals surface area (Å²) in [5, 5.41) is 6.74. The molecule has 0 spiro atoms. The van der Waals surface area contributed by atoms with E-state index in [9.17, 15) is 0 Å². The number of nitrogens with zero attached hydrogens (tertiary/aromatic N) is 2. The lowest BCUT2D eigenvalue weighted by atomic mass is 10.1. The normalized spacial score (nSPS) is 17.7. The van der Waals surface area contributed by atoms with Gasteiger partial charge in [-0.15, -0.1) is 0 Å². The fourth-order valence-corrected chi connectivity index (χ4v) is 2.50. The van der Waals surface area contributed by atoms with Crippen molar-refractivity contribution in [2.75, 3.05) is 25.5 Å². The minimum absolute atomic E-state index is 0.413. The number of benzene rings is 1. The van der Waals surface area contributed by atoms with Gasteiger partial charge in [0, 0.05) is 23.8 Å². The average Bonchev–Trinajstić information content (AvgIpc) is 2.99. The van der Waals surface area contributed by atoms with Gasteiger partial charge in [0.15, 0.2) is 0 Å². The molecule has 3 rings (SSSR count). The molecule has 1 aliphatic heterocycles. The van der Waals surface area contributed by atoms with Crippen molar-refractivity contribution in [3.8, 4) is 17.0 Å². The van der Waals surface area contributed by atoms with Crippen LogP contribution in [0.25, 0.3) is 11.3 Å². The summed E-state index contributed by atoms with van der Waals surface area (Å²) in [6.07, 6.45) is 1.11. The molecule has 0 aliphatic carbocycles. The van der Waals surface area contributed by atoms with Crippen molar-refractivity contribution in [2.24, 2.45) is 0 Å². The van der Waals surface area contributed by atoms with Crippen molar-refractivity contribution in [1.82, 2.24) is 15.3 Å². The first-order valence-electron chi connectivity index (χ1n) is 7.22. The molecule has 0 saturated carbocycles. The van der Waals surface area contributed by atoms with E-state index in [4.69, 9.17) is 4.74 Å². The van der Waals surface area contributed by atoms with Gasteiger partial charge < -0.3 is 15.4 Å². The molecule has 1 aromatic carbocycles. The van der Waals surface area contributed by atoms with E-state index in [0.29, 0.717) is 12.0 Å². The van der Waals surface area contributed by atoms with Gasteiger partial charge >= 0.3 is 0 Å². The van der Waals surface area contributed by atoms with Crippen LogP contribution in [0.3, 0.4) is 0 Å². The van der Waals surface area contributed by atoms with E-state index in [2.05, 4.69) is 20.6 Å². The lowest BCUT2D eigenvalue weighted by Gasteiger charge is -2.13. The van der Waals surface area contributed by atoms with Crippen LogP contribution in [0.15, 0.2) is 30.3 Å². The third kappa shape index (κ3) is 3.31. The first kappa shape index (κ1) is 13.8. The van der Waals surface area contributed by atoms with Gasteiger partial charge in [0.25, 0.3) is 0 Å². The maximum Gasteiger partial charge on any atom is 0.223 e. The van der Waals surface area contributed by atoms with E-state index in [0.717, 1.165) is 42.2 Å². The zero-order valence-electron chi connectivity index (χ0n) is 12.4. The molecule has 2 aromatic rings. The molecule has 110 valence electrons. The highest BCUT2D eigenvalue weighted by atomic mass is 16.5. The van der Waals surface area contributed by atoms with Crippen LogP contribution in [-0.4, -0.2) is 36.2 Å². The number of hydrogen-bond acceptors (Lipinski definition) is 5. The Hall–Kier alpha value is -2.14. The Bertz CT molecular complexity index is 606. The Morgan fingerprint density at radius 3 is 2.71 bits per heavy atom. The second-order valence-electron chi connectivity index (χ2n) is 5.28. The highest BCUT2D eigenvalue weighted by molar-refractivity contribution is 5.61. The van der Waals surface area contributed by atoms with Gasteiger partial charge in [-0.3, -0.25) is 0 Å². The summed E-state index contributed by atoms with van der Waals surface area (Å²) in [6, 6.07) is 10.3. The smallest absolute Gasteiger partial charge is 0.223 e. The third-order valence-electron chi connectivity index (χ3n) is 3.63. The van der Waals surface area contributed by atoms with Crippen LogP contribution in [0, 0.1) is 6.92 Å². The first-order valence-corrected chi connectivity index (χ1v) is 7.22. The van der Waals surface area contributed by atoms with E-state index in [1.165, 1.54) is 0 Å². The molecule has 1 unspecified atom stereocenters. The van der Waals surface area contributed by atoms with Crippen LogP contribution >= 0.6 is 0 Å². The Kier molecular flexibility index (Phi) is 4.01. The summed E-state index contributed by atoms with van der Waals surface area (Å²) in [5.74, 6) is 1.55. The number of aryl methyl sites for hydroxylation is 1. The van der Waals surface area contributed by atoms with Crippen molar-refractivity contribution >= 4 is 5.95 Å². The molecule has 0 amide bonds. The Balaban J connectivity index is 1.85. The molecule has 21 heavy (non-hydrogen) atoms. The maximum absolute atomic E-state index is 5.19. The number of ether oxygens (including phenoxy) is 1. The van der Waals surface area contributed by atoms with Crippen molar-refractivity contribution in [1.29, 1.82) is 0 Å². The summed E-state index contributed by atoms with van der Waals surface area (Å²) in [5.41, 5.74) is 2.96. The number of methoxy groups -OCH3 is 1. The van der Waals surface area contributed by atoms with Crippen LogP contribution in [0.5, 0.6) is 5.75 Å². The molecule has 2 N–H and O–H groups in total. The fraction of sp³-hybridized carbons (Fsp3) is 0.375. The van der Waals surface area contributed by atoms with Gasteiger partial charge in [0.2, 0.25) is 5.95 Å². The van der Waals surface area contributed by atoms with E-state index in [-0.39, 0.29) is 0 Å². The number of rotatable bonds is 4. The van der Waals surface area contributed by atoms with Crippen molar-refractivity contribution < 1.29 is 4.74 Å². The predicted octanol–water partition coefficient (Wildman–Crippen LogP) is 2.23. The largest absolute Gasteiger partial charge is 0.497 e. The zero-order chi connectivity index (χ0) is 14.7. The van der Waals surface area contributed by atoms with Gasteiger partial charge in [-0.25, -0.2) is 9.97 Å². The number of anilines is 1. The van der Waals surface area contributed by atoms with E-state index in [1.54, 1.807) is 7.11 Å². The minimum atomic E-state index is 0.413. The van der Waals surface area contributed by atoms with Crippen LogP contribution in [-0.2, 0) is 0 Å². The first-order chi connectivity index (χ1) is 10.2. The topological polar surface area (TPSA) is 59.1 Å². The van der Waals surface area contributed by atoms with Gasteiger partial charge in [-0.1, -0.05) is 0 Å². The number of hydrogen-bond donors (Lipinski definition) is 2. The SMILES string of the molecule is COc1ccc(-c2cc(C)nc(NC3CCNC3)n2)cc1. The summed E-state index contributed by atoms with van der Waals surface area (Å²) in [6.45, 7) is 4.01. The Morgan fingerprint density at radius 1 is 1.24 bits per heavy atom. The Labute approximate surface area is 124 Å². The van der Waals surface area contributed by atoms with E-state index in [1.807, 2.05) is 37.3 Å². The number of nitrogens with one attached hydrogen (secondary N) is 2. The standard InChI is InChI=1S/C16H20N4O/c1-11-9-15(12-3-5-14(21-2)6-4-12)20-16(18-11)19-13-7-8-17-10-13/h3-6,9,13,17H,7-8,10H2,1-2H3,(H,18,19,20). The average molecular weight is 284 g/mol. The molecule has 2 heterocycles. The van der Waals surface area contributed by atoms with Crippen LogP contribution in [0.1, 0.15) is 12.1 Å². The van der Waals surface area contributed by atoms with E-state index >= 15 is 0 Å². The molecule has 0 radical (unpaired) electrons. The van der Waals surface area contributed by atoms with Gasteiger partial charge in [0.05, 0.1) is 12.8 Å². The molecule has 1 atom stereocenters. The maximum atomic E-state index is 5.19. The monoisotopic (exact) mass is 284 g/mol. The summed E-state index contributed by atoms with van der Waals surface area (Å²) in [4.78, 5) is 9.11. The molecule has 1 saturated heterocycles. The van der Waals surface area contributed by atoms with Gasteiger partial charge in [0.1, 0.15) is 5.75 Å².